The molecule has 0 aliphatic rings. The van der Waals surface area contributed by atoms with Crippen molar-refractivity contribution in [1.82, 2.24) is 15.4 Å². The van der Waals surface area contributed by atoms with E-state index >= 15 is 0 Å². The molecular weight excluding hydrogens is 220 g/mol. The van der Waals surface area contributed by atoms with Gasteiger partial charge in [-0.05, 0) is 36.4 Å². The van der Waals surface area contributed by atoms with Crippen LogP contribution in [0.3, 0.4) is 0 Å². The smallest absolute Gasteiger partial charge is 0.151 e. The molecule has 2 rings (SSSR count). The Balaban J connectivity index is 2.37. The fraction of sp³-hybridized carbons (Fsp3) is 0.273. The molecule has 0 radical (unpaired) electrons. The summed E-state index contributed by atoms with van der Waals surface area (Å²) in [5.74, 6) is 6.29. The highest BCUT2D eigenvalue weighted by atomic mass is 32.1. The molecule has 0 fully saturated rings. The van der Waals surface area contributed by atoms with Crippen molar-refractivity contribution in [2.75, 3.05) is 0 Å². The molecule has 2 aromatic rings. The summed E-state index contributed by atoms with van der Waals surface area (Å²) in [4.78, 5) is 9.76. The van der Waals surface area contributed by atoms with Gasteiger partial charge in [-0.2, -0.15) is 0 Å². The van der Waals surface area contributed by atoms with Crippen molar-refractivity contribution in [2.24, 2.45) is 5.84 Å². The second-order valence-corrected chi connectivity index (χ2v) is 4.63. The number of aromatic nitrogens is 2. The van der Waals surface area contributed by atoms with Crippen LogP contribution in [0.15, 0.2) is 23.8 Å². The minimum atomic E-state index is -0.124. The van der Waals surface area contributed by atoms with Crippen LogP contribution in [0, 0.1) is 13.8 Å². The van der Waals surface area contributed by atoms with Gasteiger partial charge in [0, 0.05) is 17.3 Å². The minimum absolute atomic E-state index is 0.124. The summed E-state index contributed by atoms with van der Waals surface area (Å²) >= 11 is 1.66. The van der Waals surface area contributed by atoms with Crippen LogP contribution in [0.4, 0.5) is 0 Å². The highest BCUT2D eigenvalue weighted by molar-refractivity contribution is 7.10. The van der Waals surface area contributed by atoms with E-state index in [2.05, 4.69) is 28.4 Å². The molecule has 0 bridgehead atoms. The van der Waals surface area contributed by atoms with Crippen molar-refractivity contribution >= 4 is 11.3 Å². The Morgan fingerprint density at radius 1 is 1.31 bits per heavy atom. The number of nitrogens with two attached hydrogens (primary N) is 1. The summed E-state index contributed by atoms with van der Waals surface area (Å²) in [6.07, 6.45) is 3.60. The monoisotopic (exact) mass is 234 g/mol. The van der Waals surface area contributed by atoms with Crippen LogP contribution in [-0.4, -0.2) is 9.97 Å². The first-order valence-electron chi connectivity index (χ1n) is 5.01. The first-order chi connectivity index (χ1) is 7.72. The predicted molar refractivity (Wildman–Crippen MR) is 65.0 cm³/mol. The van der Waals surface area contributed by atoms with Crippen molar-refractivity contribution in [1.29, 1.82) is 0 Å². The lowest BCUT2D eigenvalue weighted by atomic mass is 10.1. The van der Waals surface area contributed by atoms with Gasteiger partial charge in [-0.15, -0.1) is 11.3 Å². The highest BCUT2D eigenvalue weighted by Gasteiger charge is 2.18. The maximum Gasteiger partial charge on any atom is 0.151 e. The summed E-state index contributed by atoms with van der Waals surface area (Å²) in [6, 6.07) is 1.94. The van der Waals surface area contributed by atoms with Crippen LogP contribution in [-0.2, 0) is 0 Å². The van der Waals surface area contributed by atoms with Crippen molar-refractivity contribution in [2.45, 2.75) is 19.9 Å². The molecular formula is C11H14N4S. The van der Waals surface area contributed by atoms with Crippen LogP contribution in [0.2, 0.25) is 0 Å². The van der Waals surface area contributed by atoms with Crippen molar-refractivity contribution < 1.29 is 0 Å². The van der Waals surface area contributed by atoms with E-state index in [1.54, 1.807) is 23.7 Å². The van der Waals surface area contributed by atoms with Crippen LogP contribution < -0.4 is 11.3 Å². The number of thiophene rings is 1. The fourth-order valence-corrected chi connectivity index (χ4v) is 2.48. The SMILES string of the molecule is Cc1cnc(C(NN)c2sccc2C)nc1. The molecule has 5 heteroatoms. The molecule has 0 spiro atoms. The number of hydrazine groups is 1. The summed E-state index contributed by atoms with van der Waals surface area (Å²) in [5.41, 5.74) is 5.02. The first kappa shape index (κ1) is 11.2. The number of nitrogens with zero attached hydrogens (tertiary/aromatic N) is 2. The van der Waals surface area contributed by atoms with E-state index in [4.69, 9.17) is 5.84 Å². The molecule has 0 saturated heterocycles. The maximum absolute atomic E-state index is 5.58. The molecule has 2 heterocycles. The number of hydrogen-bond donors (Lipinski definition) is 2. The van der Waals surface area contributed by atoms with E-state index < -0.39 is 0 Å². The number of nitrogens with one attached hydrogen (secondary N) is 1. The predicted octanol–water partition coefficient (Wildman–Crippen LogP) is 1.71. The molecule has 1 atom stereocenters. The third-order valence-electron chi connectivity index (χ3n) is 2.39. The van der Waals surface area contributed by atoms with Crippen LogP contribution >= 0.6 is 11.3 Å². The van der Waals surface area contributed by atoms with E-state index in [9.17, 15) is 0 Å². The Morgan fingerprint density at radius 3 is 2.50 bits per heavy atom. The second kappa shape index (κ2) is 4.69. The average molecular weight is 234 g/mol. The van der Waals surface area contributed by atoms with E-state index in [0.717, 1.165) is 10.4 Å². The Labute approximate surface area is 98.5 Å². The van der Waals surface area contributed by atoms with Gasteiger partial charge >= 0.3 is 0 Å². The van der Waals surface area contributed by atoms with Crippen molar-refractivity contribution in [3.05, 3.63) is 45.7 Å². The minimum Gasteiger partial charge on any atom is -0.270 e. The van der Waals surface area contributed by atoms with Crippen LogP contribution in [0.25, 0.3) is 0 Å². The Morgan fingerprint density at radius 2 is 2.00 bits per heavy atom. The van der Waals surface area contributed by atoms with Crippen LogP contribution in [0.5, 0.6) is 0 Å². The van der Waals surface area contributed by atoms with Gasteiger partial charge in [0.25, 0.3) is 0 Å². The van der Waals surface area contributed by atoms with Gasteiger partial charge in [-0.3, -0.25) is 5.84 Å². The Hall–Kier alpha value is -1.30. The Bertz CT molecular complexity index is 463. The number of rotatable bonds is 3. The van der Waals surface area contributed by atoms with Crippen LogP contribution in [0.1, 0.15) is 27.9 Å². The second-order valence-electron chi connectivity index (χ2n) is 3.69. The van der Waals surface area contributed by atoms with Gasteiger partial charge in [-0.25, -0.2) is 15.4 Å². The molecule has 4 nitrogen and oxygen atoms in total. The molecule has 0 saturated carbocycles. The molecule has 3 N–H and O–H groups in total. The zero-order valence-corrected chi connectivity index (χ0v) is 10.1. The number of aryl methyl sites for hydroxylation is 2. The van der Waals surface area contributed by atoms with Crippen molar-refractivity contribution in [3.8, 4) is 0 Å². The first-order valence-corrected chi connectivity index (χ1v) is 5.89. The summed E-state index contributed by atoms with van der Waals surface area (Å²) in [5, 5.41) is 2.04. The lowest BCUT2D eigenvalue weighted by Gasteiger charge is -2.13. The van der Waals surface area contributed by atoms with Gasteiger partial charge in [0.05, 0.1) is 0 Å². The van der Waals surface area contributed by atoms with E-state index in [1.807, 2.05) is 12.3 Å². The van der Waals surface area contributed by atoms with Gasteiger partial charge < -0.3 is 0 Å². The van der Waals surface area contributed by atoms with E-state index in [0.29, 0.717) is 5.82 Å². The zero-order chi connectivity index (χ0) is 11.5. The molecule has 0 aliphatic carbocycles. The Kier molecular flexibility index (Phi) is 3.28. The van der Waals surface area contributed by atoms with Gasteiger partial charge in [0.2, 0.25) is 0 Å². The summed E-state index contributed by atoms with van der Waals surface area (Å²) in [6.45, 7) is 4.02. The highest BCUT2D eigenvalue weighted by Crippen LogP contribution is 2.26. The fourth-order valence-electron chi connectivity index (χ4n) is 1.50. The van der Waals surface area contributed by atoms with E-state index in [1.165, 1.54) is 5.56 Å². The van der Waals surface area contributed by atoms with E-state index in [-0.39, 0.29) is 6.04 Å². The van der Waals surface area contributed by atoms with Gasteiger partial charge in [-0.1, -0.05) is 0 Å². The van der Waals surface area contributed by atoms with Gasteiger partial charge in [0.1, 0.15) is 6.04 Å². The number of hydrogen-bond acceptors (Lipinski definition) is 5. The molecule has 1 unspecified atom stereocenters. The zero-order valence-electron chi connectivity index (χ0n) is 9.27. The largest absolute Gasteiger partial charge is 0.270 e. The van der Waals surface area contributed by atoms with Gasteiger partial charge in [0.15, 0.2) is 5.82 Å². The normalized spacial score (nSPS) is 12.7. The molecule has 0 amide bonds. The maximum atomic E-state index is 5.58. The molecule has 84 valence electrons. The lowest BCUT2D eigenvalue weighted by Crippen LogP contribution is -2.30. The molecule has 0 aromatic carbocycles. The van der Waals surface area contributed by atoms with Crippen molar-refractivity contribution in [3.63, 3.8) is 0 Å². The quantitative estimate of drug-likeness (QED) is 0.627. The average Bonchev–Trinajstić information content (AvgIpc) is 2.69. The summed E-state index contributed by atoms with van der Waals surface area (Å²) < 4.78 is 0. The lowest BCUT2D eigenvalue weighted by molar-refractivity contribution is 0.607. The third-order valence-corrected chi connectivity index (χ3v) is 3.47. The molecule has 16 heavy (non-hydrogen) atoms. The summed E-state index contributed by atoms with van der Waals surface area (Å²) in [7, 11) is 0. The topological polar surface area (TPSA) is 63.8 Å². The standard InChI is InChI=1S/C11H14N4S/c1-7-5-13-11(14-6-7)9(15-12)10-8(2)3-4-16-10/h3-6,9,15H,12H2,1-2H3. The third kappa shape index (κ3) is 2.11. The molecule has 0 aliphatic heterocycles. The molecule has 2 aromatic heterocycles.